The summed E-state index contributed by atoms with van der Waals surface area (Å²) in [5.41, 5.74) is 3.02. The van der Waals surface area contributed by atoms with Crippen LogP contribution in [0.5, 0.6) is 0 Å². The smallest absolute Gasteiger partial charge is 0.251 e. The number of likely N-dealkylation sites (N-methyl/N-ethyl adjacent to an activating group) is 1. The monoisotopic (exact) mass is 340 g/mol. The third kappa shape index (κ3) is 4.67. The minimum absolute atomic E-state index is 0.0676. The maximum atomic E-state index is 12.5. The summed E-state index contributed by atoms with van der Waals surface area (Å²) in [5.74, 6) is -0.484. The van der Waals surface area contributed by atoms with Crippen molar-refractivity contribution in [2.24, 2.45) is 0 Å². The van der Waals surface area contributed by atoms with E-state index in [1.54, 1.807) is 25.2 Å². The van der Waals surface area contributed by atoms with Gasteiger partial charge in [0.25, 0.3) is 5.91 Å². The van der Waals surface area contributed by atoms with Crippen LogP contribution in [0.25, 0.3) is 11.1 Å². The first-order valence-electron chi connectivity index (χ1n) is 8.42. The molecule has 0 aliphatic rings. The SMILES string of the molecule is CCC[C@H](NC(=O)c1cccc(-c2ccccc2CO)c1)C(=O)NC. The highest BCUT2D eigenvalue weighted by Crippen LogP contribution is 2.24. The first kappa shape index (κ1) is 18.7. The van der Waals surface area contributed by atoms with Gasteiger partial charge in [-0.05, 0) is 35.2 Å². The van der Waals surface area contributed by atoms with Gasteiger partial charge in [0, 0.05) is 12.6 Å². The number of aliphatic hydroxyl groups is 1. The zero-order valence-corrected chi connectivity index (χ0v) is 14.6. The maximum absolute atomic E-state index is 12.5. The number of carbonyl (C=O) groups is 2. The predicted octanol–water partition coefficient (Wildman–Crippen LogP) is 2.49. The number of carbonyl (C=O) groups excluding carboxylic acids is 2. The van der Waals surface area contributed by atoms with Crippen molar-refractivity contribution in [3.63, 3.8) is 0 Å². The van der Waals surface area contributed by atoms with E-state index in [-0.39, 0.29) is 18.4 Å². The first-order valence-corrected chi connectivity index (χ1v) is 8.42. The lowest BCUT2D eigenvalue weighted by atomic mass is 9.98. The Bertz CT molecular complexity index is 743. The van der Waals surface area contributed by atoms with Crippen molar-refractivity contribution in [1.29, 1.82) is 0 Å². The molecule has 0 aromatic heterocycles. The maximum Gasteiger partial charge on any atom is 0.251 e. The molecule has 25 heavy (non-hydrogen) atoms. The zero-order chi connectivity index (χ0) is 18.2. The van der Waals surface area contributed by atoms with E-state index in [0.29, 0.717) is 12.0 Å². The molecule has 0 aliphatic heterocycles. The Balaban J connectivity index is 2.25. The van der Waals surface area contributed by atoms with Crippen molar-refractivity contribution in [2.75, 3.05) is 7.05 Å². The molecule has 0 unspecified atom stereocenters. The Morgan fingerprint density at radius 1 is 1.12 bits per heavy atom. The quantitative estimate of drug-likeness (QED) is 0.724. The van der Waals surface area contributed by atoms with E-state index in [1.807, 2.05) is 37.3 Å². The molecule has 5 nitrogen and oxygen atoms in total. The second-order valence-electron chi connectivity index (χ2n) is 5.83. The van der Waals surface area contributed by atoms with Gasteiger partial charge in [-0.3, -0.25) is 9.59 Å². The molecule has 2 aromatic carbocycles. The average molecular weight is 340 g/mol. The van der Waals surface area contributed by atoms with Crippen molar-refractivity contribution < 1.29 is 14.7 Å². The molecule has 0 radical (unpaired) electrons. The number of benzene rings is 2. The van der Waals surface area contributed by atoms with Crippen LogP contribution < -0.4 is 10.6 Å². The van der Waals surface area contributed by atoms with Gasteiger partial charge < -0.3 is 15.7 Å². The number of rotatable bonds is 7. The molecule has 132 valence electrons. The minimum Gasteiger partial charge on any atom is -0.392 e. The van der Waals surface area contributed by atoms with Crippen molar-refractivity contribution in [2.45, 2.75) is 32.4 Å². The van der Waals surface area contributed by atoms with Gasteiger partial charge in [-0.15, -0.1) is 0 Å². The summed E-state index contributed by atoms with van der Waals surface area (Å²) < 4.78 is 0. The molecule has 0 saturated carbocycles. The van der Waals surface area contributed by atoms with Crippen LogP contribution >= 0.6 is 0 Å². The highest BCUT2D eigenvalue weighted by molar-refractivity contribution is 5.98. The average Bonchev–Trinajstić information content (AvgIpc) is 2.67. The van der Waals surface area contributed by atoms with E-state index in [2.05, 4.69) is 10.6 Å². The first-order chi connectivity index (χ1) is 12.1. The predicted molar refractivity (Wildman–Crippen MR) is 98.0 cm³/mol. The molecule has 0 aliphatic carbocycles. The zero-order valence-electron chi connectivity index (χ0n) is 14.6. The van der Waals surface area contributed by atoms with Crippen LogP contribution in [0.1, 0.15) is 35.7 Å². The normalized spacial score (nSPS) is 11.6. The van der Waals surface area contributed by atoms with Crippen LogP contribution in [0.3, 0.4) is 0 Å². The van der Waals surface area contributed by atoms with Gasteiger partial charge in [0.2, 0.25) is 5.91 Å². The van der Waals surface area contributed by atoms with Gasteiger partial charge in [-0.25, -0.2) is 0 Å². The molecule has 5 heteroatoms. The summed E-state index contributed by atoms with van der Waals surface area (Å²) >= 11 is 0. The summed E-state index contributed by atoms with van der Waals surface area (Å²) in [7, 11) is 1.56. The van der Waals surface area contributed by atoms with Gasteiger partial charge >= 0.3 is 0 Å². The molecule has 0 spiro atoms. The fourth-order valence-electron chi connectivity index (χ4n) is 2.74. The number of hydrogen-bond donors (Lipinski definition) is 3. The van der Waals surface area contributed by atoms with Crippen LogP contribution in [-0.4, -0.2) is 30.0 Å². The van der Waals surface area contributed by atoms with E-state index in [1.165, 1.54) is 0 Å². The summed E-state index contributed by atoms with van der Waals surface area (Å²) in [6.45, 7) is 1.90. The molecule has 1 atom stereocenters. The van der Waals surface area contributed by atoms with Gasteiger partial charge in [-0.2, -0.15) is 0 Å². The second-order valence-corrected chi connectivity index (χ2v) is 5.83. The molecule has 0 fully saturated rings. The number of amides is 2. The third-order valence-electron chi connectivity index (χ3n) is 4.07. The standard InChI is InChI=1S/C20H24N2O3/c1-3-7-18(20(25)21-2)22-19(24)15-10-6-9-14(12-15)17-11-5-4-8-16(17)13-23/h4-6,8-12,18,23H,3,7,13H2,1-2H3,(H,21,25)(H,22,24)/t18-/m0/s1. The lowest BCUT2D eigenvalue weighted by Gasteiger charge is -2.17. The van der Waals surface area contributed by atoms with Crippen molar-refractivity contribution in [3.05, 3.63) is 59.7 Å². The Morgan fingerprint density at radius 3 is 2.56 bits per heavy atom. The molecule has 0 saturated heterocycles. The number of hydrogen-bond acceptors (Lipinski definition) is 3. The van der Waals surface area contributed by atoms with Crippen molar-refractivity contribution in [3.8, 4) is 11.1 Å². The molecule has 2 rings (SSSR count). The Morgan fingerprint density at radius 2 is 1.88 bits per heavy atom. The van der Waals surface area contributed by atoms with E-state index in [0.717, 1.165) is 23.1 Å². The largest absolute Gasteiger partial charge is 0.392 e. The van der Waals surface area contributed by atoms with Gasteiger partial charge in [0.05, 0.1) is 6.61 Å². The molecular formula is C20H24N2O3. The Labute approximate surface area is 148 Å². The lowest BCUT2D eigenvalue weighted by Crippen LogP contribution is -2.45. The fourth-order valence-corrected chi connectivity index (χ4v) is 2.74. The summed E-state index contributed by atoms with van der Waals surface area (Å²) in [4.78, 5) is 24.4. The topological polar surface area (TPSA) is 78.4 Å². The van der Waals surface area contributed by atoms with E-state index < -0.39 is 6.04 Å². The summed E-state index contributed by atoms with van der Waals surface area (Å²) in [6.07, 6.45) is 1.38. The van der Waals surface area contributed by atoms with E-state index in [4.69, 9.17) is 0 Å². The van der Waals surface area contributed by atoms with Gasteiger partial charge in [0.15, 0.2) is 0 Å². The van der Waals surface area contributed by atoms with Crippen LogP contribution in [0.2, 0.25) is 0 Å². The van der Waals surface area contributed by atoms with Crippen LogP contribution in [0, 0.1) is 0 Å². The van der Waals surface area contributed by atoms with Crippen LogP contribution in [-0.2, 0) is 11.4 Å². The van der Waals surface area contributed by atoms with E-state index in [9.17, 15) is 14.7 Å². The van der Waals surface area contributed by atoms with Crippen molar-refractivity contribution in [1.82, 2.24) is 10.6 Å². The molecule has 0 heterocycles. The van der Waals surface area contributed by atoms with Gasteiger partial charge in [-0.1, -0.05) is 49.7 Å². The molecular weight excluding hydrogens is 316 g/mol. The lowest BCUT2D eigenvalue weighted by molar-refractivity contribution is -0.122. The Kier molecular flexibility index (Phi) is 6.71. The fraction of sp³-hybridized carbons (Fsp3) is 0.300. The minimum atomic E-state index is -0.545. The van der Waals surface area contributed by atoms with E-state index >= 15 is 0 Å². The molecule has 2 amide bonds. The number of nitrogens with one attached hydrogen (secondary N) is 2. The summed E-state index contributed by atoms with van der Waals surface area (Å²) in [6, 6.07) is 14.2. The molecule has 0 bridgehead atoms. The molecule has 2 aromatic rings. The highest BCUT2D eigenvalue weighted by atomic mass is 16.3. The molecule has 3 N–H and O–H groups in total. The second kappa shape index (κ2) is 8.99. The highest BCUT2D eigenvalue weighted by Gasteiger charge is 2.19. The van der Waals surface area contributed by atoms with Crippen LogP contribution in [0.15, 0.2) is 48.5 Å². The van der Waals surface area contributed by atoms with Crippen LogP contribution in [0.4, 0.5) is 0 Å². The third-order valence-corrected chi connectivity index (χ3v) is 4.07. The summed E-state index contributed by atoms with van der Waals surface area (Å²) in [5, 5.41) is 14.9. The van der Waals surface area contributed by atoms with Gasteiger partial charge in [0.1, 0.15) is 6.04 Å². The number of aliphatic hydroxyl groups excluding tert-OH is 1. The van der Waals surface area contributed by atoms with Crippen molar-refractivity contribution >= 4 is 11.8 Å². The Hall–Kier alpha value is -2.66.